The van der Waals surface area contributed by atoms with Crippen molar-refractivity contribution in [2.24, 2.45) is 11.8 Å². The van der Waals surface area contributed by atoms with Gasteiger partial charge in [-0.1, -0.05) is 6.07 Å². The third-order valence-corrected chi connectivity index (χ3v) is 10.5. The lowest BCUT2D eigenvalue weighted by molar-refractivity contribution is -0.00876. The number of ether oxygens (including phenoxy) is 2. The Morgan fingerprint density at radius 3 is 2.50 bits per heavy atom. The molecule has 2 bridgehead atoms. The molecule has 0 radical (unpaired) electrons. The van der Waals surface area contributed by atoms with E-state index in [0.29, 0.717) is 47.7 Å². The number of rotatable bonds is 9. The summed E-state index contributed by atoms with van der Waals surface area (Å²) in [4.78, 5) is 16.7. The average Bonchev–Trinajstić information content (AvgIpc) is 3.73. The molecule has 4 aromatic rings. The number of aliphatic hydroxyl groups is 1. The fourth-order valence-corrected chi connectivity index (χ4v) is 8.37. The second kappa shape index (κ2) is 11.5. The summed E-state index contributed by atoms with van der Waals surface area (Å²) in [5.41, 5.74) is 3.78. The van der Waals surface area contributed by atoms with E-state index in [1.165, 1.54) is 12.0 Å². The van der Waals surface area contributed by atoms with Crippen LogP contribution in [0.5, 0.6) is 11.6 Å². The molecular formula is C35H40N8O3. The molecule has 5 aliphatic rings. The number of nitriles is 1. The van der Waals surface area contributed by atoms with E-state index < -0.39 is 5.60 Å². The number of likely N-dealkylation sites (tertiary alicyclic amines) is 1. The van der Waals surface area contributed by atoms with Crippen molar-refractivity contribution >= 4 is 11.3 Å². The first kappa shape index (κ1) is 29.2. The predicted molar refractivity (Wildman–Crippen MR) is 173 cm³/mol. The molecule has 4 aliphatic heterocycles. The normalized spacial score (nSPS) is 27.4. The number of anilines is 1. The molecule has 46 heavy (non-hydrogen) atoms. The zero-order valence-electron chi connectivity index (χ0n) is 26.4. The summed E-state index contributed by atoms with van der Waals surface area (Å²) in [6, 6.07) is 13.5. The SMILES string of the molecule is COc1ccc(CN2C3CC2CN(c2ccc(-c4cc(OCCN5CC6CC(C)(O)CC6C5)cn5ncc(C#N)c45)cn2)C3)cn1. The van der Waals surface area contributed by atoms with Crippen molar-refractivity contribution in [1.29, 1.82) is 5.26 Å². The van der Waals surface area contributed by atoms with E-state index in [2.05, 4.69) is 49.1 Å². The first-order chi connectivity index (χ1) is 22.4. The van der Waals surface area contributed by atoms with Gasteiger partial charge in [-0.2, -0.15) is 10.4 Å². The van der Waals surface area contributed by atoms with Crippen LogP contribution >= 0.6 is 0 Å². The highest BCUT2D eigenvalue weighted by Gasteiger charge is 2.46. The zero-order valence-corrected chi connectivity index (χ0v) is 26.4. The molecule has 5 fully saturated rings. The fraction of sp³-hybridized carbons (Fsp3) is 0.486. The highest BCUT2D eigenvalue weighted by atomic mass is 16.5. The number of piperidine rings is 1. The maximum atomic E-state index is 10.4. The number of piperazine rings is 1. The molecule has 4 saturated heterocycles. The highest BCUT2D eigenvalue weighted by molar-refractivity contribution is 5.85. The van der Waals surface area contributed by atoms with Crippen LogP contribution in [0.3, 0.4) is 0 Å². The Bertz CT molecular complexity index is 1740. The van der Waals surface area contributed by atoms with Crippen molar-refractivity contribution in [2.45, 2.75) is 50.4 Å². The Kier molecular flexibility index (Phi) is 7.31. The van der Waals surface area contributed by atoms with Crippen LogP contribution in [0.25, 0.3) is 16.6 Å². The molecule has 1 saturated carbocycles. The Morgan fingerprint density at radius 1 is 1.02 bits per heavy atom. The van der Waals surface area contributed by atoms with E-state index in [-0.39, 0.29) is 0 Å². The van der Waals surface area contributed by atoms with E-state index in [1.54, 1.807) is 17.8 Å². The summed E-state index contributed by atoms with van der Waals surface area (Å²) in [6.07, 6.45) is 10.3. The van der Waals surface area contributed by atoms with Crippen molar-refractivity contribution in [1.82, 2.24) is 29.4 Å². The topological polar surface area (TPSA) is 115 Å². The Hall–Kier alpha value is -4.24. The minimum Gasteiger partial charge on any atom is -0.491 e. The van der Waals surface area contributed by atoms with Crippen LogP contribution < -0.4 is 14.4 Å². The van der Waals surface area contributed by atoms with Crippen molar-refractivity contribution in [2.75, 3.05) is 51.3 Å². The second-order valence-corrected chi connectivity index (χ2v) is 13.8. The maximum Gasteiger partial charge on any atom is 0.212 e. The van der Waals surface area contributed by atoms with Gasteiger partial charge in [0.15, 0.2) is 0 Å². The number of aromatic nitrogens is 4. The third-order valence-electron chi connectivity index (χ3n) is 10.5. The molecular weight excluding hydrogens is 580 g/mol. The molecule has 4 atom stereocenters. The summed E-state index contributed by atoms with van der Waals surface area (Å²) in [5.74, 6) is 3.48. The van der Waals surface area contributed by atoms with Gasteiger partial charge in [-0.05, 0) is 61.8 Å². The summed E-state index contributed by atoms with van der Waals surface area (Å²) in [6.45, 7) is 8.20. The van der Waals surface area contributed by atoms with E-state index >= 15 is 0 Å². The summed E-state index contributed by atoms with van der Waals surface area (Å²) in [5, 5.41) is 24.7. The van der Waals surface area contributed by atoms with Gasteiger partial charge in [0.1, 0.15) is 24.2 Å². The number of pyridine rings is 3. The van der Waals surface area contributed by atoms with Gasteiger partial charge in [0.25, 0.3) is 0 Å². The summed E-state index contributed by atoms with van der Waals surface area (Å²) < 4.78 is 13.2. The molecule has 9 rings (SSSR count). The largest absolute Gasteiger partial charge is 0.491 e. The lowest BCUT2D eigenvalue weighted by Gasteiger charge is -2.56. The smallest absolute Gasteiger partial charge is 0.212 e. The molecule has 1 N–H and O–H groups in total. The molecule has 8 heterocycles. The molecule has 4 unspecified atom stereocenters. The second-order valence-electron chi connectivity index (χ2n) is 13.8. The maximum absolute atomic E-state index is 10.4. The van der Waals surface area contributed by atoms with Crippen LogP contribution in [0.4, 0.5) is 5.82 Å². The standard InChI is InChI=1S/C35H40N8O3/c1-35(44)11-25-18-40(19-26(25)12-35)7-8-46-30-10-31(34-27(13-36)16-39-43(34)22-30)24-4-5-32(37-15-24)41-20-28-9-29(21-41)42(28)17-23-3-6-33(45-2)38-14-23/h3-6,10,14-16,22,25-26,28-29,44H,7-9,11-12,17-21H2,1-2H3. The van der Waals surface area contributed by atoms with Gasteiger partial charge in [-0.3, -0.25) is 9.80 Å². The van der Waals surface area contributed by atoms with Crippen LogP contribution in [0.1, 0.15) is 37.3 Å². The number of hydrogen-bond donors (Lipinski definition) is 1. The predicted octanol–water partition coefficient (Wildman–Crippen LogP) is 3.61. The van der Waals surface area contributed by atoms with E-state index in [9.17, 15) is 10.4 Å². The molecule has 238 valence electrons. The van der Waals surface area contributed by atoms with Crippen LogP contribution in [0.2, 0.25) is 0 Å². The first-order valence-electron chi connectivity index (χ1n) is 16.3. The highest BCUT2D eigenvalue weighted by Crippen LogP contribution is 2.43. The van der Waals surface area contributed by atoms with Crippen molar-refractivity contribution in [3.05, 3.63) is 66.2 Å². The number of methoxy groups -OCH3 is 1. The number of nitrogens with zero attached hydrogens (tertiary/aromatic N) is 8. The van der Waals surface area contributed by atoms with Gasteiger partial charge in [-0.25, -0.2) is 14.5 Å². The molecule has 11 nitrogen and oxygen atoms in total. The lowest BCUT2D eigenvalue weighted by Crippen LogP contribution is -2.68. The molecule has 1 aliphatic carbocycles. The van der Waals surface area contributed by atoms with E-state index in [1.807, 2.05) is 37.6 Å². The molecule has 0 aromatic carbocycles. The number of hydrogen-bond acceptors (Lipinski definition) is 10. The Balaban J connectivity index is 0.935. The number of fused-ring (bicyclic) bond motifs is 4. The third kappa shape index (κ3) is 5.44. The van der Waals surface area contributed by atoms with Gasteiger partial charge < -0.3 is 19.5 Å². The average molecular weight is 621 g/mol. The minimum atomic E-state index is -0.505. The Labute approximate surface area is 269 Å². The fourth-order valence-electron chi connectivity index (χ4n) is 8.37. The lowest BCUT2D eigenvalue weighted by atomic mass is 9.87. The molecule has 4 aromatic heterocycles. The van der Waals surface area contributed by atoms with Gasteiger partial charge in [0, 0.05) is 80.9 Å². The van der Waals surface area contributed by atoms with Crippen molar-refractivity contribution in [3.63, 3.8) is 0 Å². The molecule has 11 heteroatoms. The van der Waals surface area contributed by atoms with Crippen LogP contribution in [-0.4, -0.2) is 98.6 Å². The van der Waals surface area contributed by atoms with Crippen LogP contribution in [0, 0.1) is 23.2 Å². The van der Waals surface area contributed by atoms with Crippen molar-refractivity contribution < 1.29 is 14.6 Å². The van der Waals surface area contributed by atoms with Crippen LogP contribution in [0.15, 0.2) is 55.1 Å². The van der Waals surface area contributed by atoms with Crippen LogP contribution in [-0.2, 0) is 6.54 Å². The monoisotopic (exact) mass is 620 g/mol. The van der Waals surface area contributed by atoms with Gasteiger partial charge in [-0.15, -0.1) is 0 Å². The van der Waals surface area contributed by atoms with Gasteiger partial charge in [0.2, 0.25) is 5.88 Å². The molecule has 0 amide bonds. The Morgan fingerprint density at radius 2 is 1.83 bits per heavy atom. The van der Waals surface area contributed by atoms with E-state index in [4.69, 9.17) is 14.5 Å². The zero-order chi connectivity index (χ0) is 31.4. The first-order valence-corrected chi connectivity index (χ1v) is 16.3. The quantitative estimate of drug-likeness (QED) is 0.298. The molecule has 0 spiro atoms. The van der Waals surface area contributed by atoms with Gasteiger partial charge in [0.05, 0.1) is 36.2 Å². The van der Waals surface area contributed by atoms with Crippen molar-refractivity contribution in [3.8, 4) is 28.8 Å². The summed E-state index contributed by atoms with van der Waals surface area (Å²) in [7, 11) is 1.64. The van der Waals surface area contributed by atoms with Gasteiger partial charge >= 0.3 is 0 Å². The summed E-state index contributed by atoms with van der Waals surface area (Å²) >= 11 is 0. The minimum absolute atomic E-state index is 0.496. The van der Waals surface area contributed by atoms with E-state index in [0.717, 1.165) is 74.6 Å².